The van der Waals surface area contributed by atoms with Gasteiger partial charge >= 0.3 is 0 Å². The van der Waals surface area contributed by atoms with E-state index in [0.29, 0.717) is 5.75 Å². The lowest BCUT2D eigenvalue weighted by atomic mass is 10.0. The fraction of sp³-hybridized carbons (Fsp3) is 0.600. The van der Waals surface area contributed by atoms with Crippen molar-refractivity contribution in [3.8, 4) is 5.75 Å². The van der Waals surface area contributed by atoms with Crippen LogP contribution >= 0.6 is 0 Å². The van der Waals surface area contributed by atoms with Gasteiger partial charge in [-0.25, -0.2) is 0 Å². The number of aryl methyl sites for hydroxylation is 1. The monoisotopic (exact) mass is 246 g/mol. The summed E-state index contributed by atoms with van der Waals surface area (Å²) in [5.41, 5.74) is 3.71. The minimum atomic E-state index is 0.583. The molecule has 1 aromatic rings. The zero-order valence-electron chi connectivity index (χ0n) is 10.9. The lowest BCUT2D eigenvalue weighted by molar-refractivity contribution is 0.243. The van der Waals surface area contributed by atoms with Crippen LogP contribution in [0.3, 0.4) is 0 Å². The molecular formula is C15H22N2O. The number of aromatic hydroxyl groups is 1. The summed E-state index contributed by atoms with van der Waals surface area (Å²) in [7, 11) is 0. The van der Waals surface area contributed by atoms with Crippen molar-refractivity contribution in [2.75, 3.05) is 32.7 Å². The Kier molecular flexibility index (Phi) is 3.52. The maximum atomic E-state index is 10.3. The van der Waals surface area contributed by atoms with Gasteiger partial charge < -0.3 is 15.3 Å². The molecule has 1 aromatic carbocycles. The van der Waals surface area contributed by atoms with E-state index in [0.717, 1.165) is 57.5 Å². The summed E-state index contributed by atoms with van der Waals surface area (Å²) in [4.78, 5) is 2.48. The molecule has 0 atom stereocenters. The molecular weight excluding hydrogens is 224 g/mol. The SMILES string of the molecule is Oc1c(CCN2CCNCC2)ccc2c1CCC2. The van der Waals surface area contributed by atoms with Crippen LogP contribution in [0, 0.1) is 0 Å². The smallest absolute Gasteiger partial charge is 0.122 e. The van der Waals surface area contributed by atoms with Crippen LogP contribution in [0.4, 0.5) is 0 Å². The van der Waals surface area contributed by atoms with Gasteiger partial charge in [-0.1, -0.05) is 12.1 Å². The Morgan fingerprint density at radius 3 is 2.83 bits per heavy atom. The number of hydrogen-bond donors (Lipinski definition) is 2. The lowest BCUT2D eigenvalue weighted by Gasteiger charge is -2.27. The Bertz CT molecular complexity index is 425. The van der Waals surface area contributed by atoms with Crippen molar-refractivity contribution >= 4 is 0 Å². The number of phenols is 1. The highest BCUT2D eigenvalue weighted by atomic mass is 16.3. The molecule has 2 aliphatic rings. The fourth-order valence-electron chi connectivity index (χ4n) is 3.11. The fourth-order valence-corrected chi connectivity index (χ4v) is 3.11. The van der Waals surface area contributed by atoms with E-state index < -0.39 is 0 Å². The largest absolute Gasteiger partial charge is 0.507 e. The van der Waals surface area contributed by atoms with Crippen LogP contribution in [0.15, 0.2) is 12.1 Å². The Balaban J connectivity index is 1.65. The molecule has 98 valence electrons. The zero-order chi connectivity index (χ0) is 12.4. The molecule has 1 heterocycles. The average Bonchev–Trinajstić information content (AvgIpc) is 2.88. The molecule has 0 unspecified atom stereocenters. The molecule has 3 heteroatoms. The number of rotatable bonds is 3. The first-order chi connectivity index (χ1) is 8.84. The van der Waals surface area contributed by atoms with E-state index in [2.05, 4.69) is 22.3 Å². The van der Waals surface area contributed by atoms with Gasteiger partial charge in [0, 0.05) is 32.7 Å². The van der Waals surface area contributed by atoms with E-state index in [1.807, 2.05) is 0 Å². The molecule has 1 aliphatic heterocycles. The number of fused-ring (bicyclic) bond motifs is 1. The van der Waals surface area contributed by atoms with Gasteiger partial charge in [-0.15, -0.1) is 0 Å². The van der Waals surface area contributed by atoms with E-state index >= 15 is 0 Å². The summed E-state index contributed by atoms with van der Waals surface area (Å²) < 4.78 is 0. The first-order valence-electron chi connectivity index (χ1n) is 7.10. The maximum Gasteiger partial charge on any atom is 0.122 e. The summed E-state index contributed by atoms with van der Waals surface area (Å²) in [6.07, 6.45) is 4.37. The summed E-state index contributed by atoms with van der Waals surface area (Å²) in [6, 6.07) is 4.34. The first-order valence-corrected chi connectivity index (χ1v) is 7.10. The van der Waals surface area contributed by atoms with Crippen molar-refractivity contribution in [2.45, 2.75) is 25.7 Å². The molecule has 1 fully saturated rings. The molecule has 0 radical (unpaired) electrons. The minimum Gasteiger partial charge on any atom is -0.507 e. The summed E-state index contributed by atoms with van der Waals surface area (Å²) in [5, 5.41) is 13.7. The average molecular weight is 246 g/mol. The number of benzene rings is 1. The Labute approximate surface area is 109 Å². The summed E-state index contributed by atoms with van der Waals surface area (Å²) in [6.45, 7) is 5.51. The van der Waals surface area contributed by atoms with Crippen LogP contribution < -0.4 is 5.32 Å². The number of hydrogen-bond acceptors (Lipinski definition) is 3. The second-order valence-electron chi connectivity index (χ2n) is 5.41. The molecule has 3 rings (SSSR count). The standard InChI is InChI=1S/C15H22N2O/c18-15-13(5-4-12-2-1-3-14(12)15)6-9-17-10-7-16-8-11-17/h4-5,16,18H,1-3,6-11H2. The van der Waals surface area contributed by atoms with Gasteiger partial charge in [0.25, 0.3) is 0 Å². The third-order valence-corrected chi connectivity index (χ3v) is 4.24. The number of phenolic OH excluding ortho intramolecular Hbond substituents is 1. The van der Waals surface area contributed by atoms with Crippen molar-refractivity contribution in [2.24, 2.45) is 0 Å². The Morgan fingerprint density at radius 2 is 2.00 bits per heavy atom. The lowest BCUT2D eigenvalue weighted by Crippen LogP contribution is -2.44. The van der Waals surface area contributed by atoms with E-state index in [1.54, 1.807) is 0 Å². The van der Waals surface area contributed by atoms with Crippen LogP contribution in [-0.2, 0) is 19.3 Å². The van der Waals surface area contributed by atoms with E-state index in [1.165, 1.54) is 17.5 Å². The summed E-state index contributed by atoms with van der Waals surface area (Å²) in [5.74, 6) is 0.583. The molecule has 0 spiro atoms. The molecule has 0 bridgehead atoms. The predicted octanol–water partition coefficient (Wildman–Crippen LogP) is 1.33. The van der Waals surface area contributed by atoms with Crippen molar-refractivity contribution in [1.82, 2.24) is 10.2 Å². The van der Waals surface area contributed by atoms with Gasteiger partial charge in [0.1, 0.15) is 5.75 Å². The van der Waals surface area contributed by atoms with Crippen LogP contribution in [0.2, 0.25) is 0 Å². The molecule has 18 heavy (non-hydrogen) atoms. The predicted molar refractivity (Wildman–Crippen MR) is 73.1 cm³/mol. The van der Waals surface area contributed by atoms with Gasteiger partial charge in [-0.2, -0.15) is 0 Å². The summed E-state index contributed by atoms with van der Waals surface area (Å²) >= 11 is 0. The topological polar surface area (TPSA) is 35.5 Å². The number of nitrogens with one attached hydrogen (secondary N) is 1. The molecule has 0 aromatic heterocycles. The van der Waals surface area contributed by atoms with E-state index in [4.69, 9.17) is 0 Å². The van der Waals surface area contributed by atoms with Crippen molar-refractivity contribution in [3.63, 3.8) is 0 Å². The molecule has 1 aliphatic carbocycles. The zero-order valence-corrected chi connectivity index (χ0v) is 10.9. The second kappa shape index (κ2) is 5.29. The number of piperazine rings is 1. The van der Waals surface area contributed by atoms with Crippen molar-refractivity contribution in [3.05, 3.63) is 28.8 Å². The van der Waals surface area contributed by atoms with Crippen LogP contribution in [0.5, 0.6) is 5.75 Å². The normalized spacial score (nSPS) is 20.0. The van der Waals surface area contributed by atoms with Crippen LogP contribution in [0.1, 0.15) is 23.1 Å². The highest BCUT2D eigenvalue weighted by Crippen LogP contribution is 2.33. The quantitative estimate of drug-likeness (QED) is 0.844. The van der Waals surface area contributed by atoms with Gasteiger partial charge in [0.15, 0.2) is 0 Å². The van der Waals surface area contributed by atoms with Gasteiger partial charge in [-0.3, -0.25) is 0 Å². The third kappa shape index (κ3) is 2.38. The highest BCUT2D eigenvalue weighted by molar-refractivity contribution is 5.47. The van der Waals surface area contributed by atoms with Crippen LogP contribution in [-0.4, -0.2) is 42.7 Å². The molecule has 1 saturated heterocycles. The first kappa shape index (κ1) is 12.0. The van der Waals surface area contributed by atoms with E-state index in [9.17, 15) is 5.11 Å². The highest BCUT2D eigenvalue weighted by Gasteiger charge is 2.18. The Morgan fingerprint density at radius 1 is 1.17 bits per heavy atom. The third-order valence-electron chi connectivity index (χ3n) is 4.24. The van der Waals surface area contributed by atoms with Crippen LogP contribution in [0.25, 0.3) is 0 Å². The second-order valence-corrected chi connectivity index (χ2v) is 5.41. The van der Waals surface area contributed by atoms with E-state index in [-0.39, 0.29) is 0 Å². The number of nitrogens with zero attached hydrogens (tertiary/aromatic N) is 1. The Hall–Kier alpha value is -1.06. The van der Waals surface area contributed by atoms with Gasteiger partial charge in [-0.05, 0) is 42.4 Å². The maximum absolute atomic E-state index is 10.3. The van der Waals surface area contributed by atoms with Crippen molar-refractivity contribution < 1.29 is 5.11 Å². The minimum absolute atomic E-state index is 0.583. The van der Waals surface area contributed by atoms with Gasteiger partial charge in [0.05, 0.1) is 0 Å². The molecule has 3 nitrogen and oxygen atoms in total. The van der Waals surface area contributed by atoms with Crippen molar-refractivity contribution in [1.29, 1.82) is 0 Å². The molecule has 2 N–H and O–H groups in total. The van der Waals surface area contributed by atoms with Gasteiger partial charge in [0.2, 0.25) is 0 Å². The molecule has 0 saturated carbocycles. The molecule has 0 amide bonds.